The maximum Gasteiger partial charge on any atom is 0.242 e. The van der Waals surface area contributed by atoms with Crippen molar-refractivity contribution in [3.8, 4) is 0 Å². The van der Waals surface area contributed by atoms with Crippen LogP contribution in [0.2, 0.25) is 15.1 Å². The smallest absolute Gasteiger partial charge is 0.242 e. The summed E-state index contributed by atoms with van der Waals surface area (Å²) < 4.78 is 0. The second-order valence-corrected chi connectivity index (χ2v) is 8.91. The Hall–Kier alpha value is -1.75. The molecule has 0 unspecified atom stereocenters. The van der Waals surface area contributed by atoms with E-state index in [1.54, 1.807) is 41.3 Å². The molecule has 1 atom stereocenters. The number of carbonyl (C=O) groups excluding carboxylic acids is 2. The lowest BCUT2D eigenvalue weighted by Crippen LogP contribution is -2.50. The Morgan fingerprint density at radius 1 is 1.03 bits per heavy atom. The first-order valence-corrected chi connectivity index (χ1v) is 11.1. The highest BCUT2D eigenvalue weighted by Crippen LogP contribution is 2.24. The molecule has 2 aromatic carbocycles. The highest BCUT2D eigenvalue weighted by molar-refractivity contribution is 6.35. The summed E-state index contributed by atoms with van der Waals surface area (Å²) in [7, 11) is 0. The summed E-state index contributed by atoms with van der Waals surface area (Å²) in [5.41, 5.74) is 1.52. The molecule has 0 aliphatic rings. The van der Waals surface area contributed by atoms with Crippen LogP contribution in [-0.4, -0.2) is 29.3 Å². The Labute approximate surface area is 193 Å². The van der Waals surface area contributed by atoms with Crippen molar-refractivity contribution in [1.82, 2.24) is 10.2 Å². The fourth-order valence-electron chi connectivity index (χ4n) is 3.10. The van der Waals surface area contributed by atoms with E-state index in [1.807, 2.05) is 26.8 Å². The van der Waals surface area contributed by atoms with Crippen molar-refractivity contribution in [1.29, 1.82) is 0 Å². The lowest BCUT2D eigenvalue weighted by molar-refractivity contribution is -0.141. The van der Waals surface area contributed by atoms with Crippen LogP contribution in [0, 0.1) is 5.92 Å². The van der Waals surface area contributed by atoms with Gasteiger partial charge in [-0.05, 0) is 47.7 Å². The average Bonchev–Trinajstić information content (AvgIpc) is 2.67. The van der Waals surface area contributed by atoms with E-state index in [9.17, 15) is 9.59 Å². The summed E-state index contributed by atoms with van der Waals surface area (Å²) in [4.78, 5) is 27.8. The van der Waals surface area contributed by atoms with Crippen molar-refractivity contribution in [2.24, 2.45) is 5.92 Å². The molecule has 7 heteroatoms. The number of carbonyl (C=O) groups is 2. The van der Waals surface area contributed by atoms with E-state index in [2.05, 4.69) is 5.32 Å². The van der Waals surface area contributed by atoms with Gasteiger partial charge >= 0.3 is 0 Å². The van der Waals surface area contributed by atoms with Gasteiger partial charge in [0.1, 0.15) is 6.04 Å². The first kappa shape index (κ1) is 24.5. The molecule has 0 saturated heterocycles. The lowest BCUT2D eigenvalue weighted by atomic mass is 10.1. The van der Waals surface area contributed by atoms with Gasteiger partial charge in [0.25, 0.3) is 0 Å². The second kappa shape index (κ2) is 11.6. The molecule has 0 heterocycles. The molecule has 4 nitrogen and oxygen atoms in total. The maximum atomic E-state index is 13.3. The third kappa shape index (κ3) is 7.19. The average molecular weight is 470 g/mol. The number of rotatable bonds is 9. The van der Waals surface area contributed by atoms with Gasteiger partial charge in [-0.15, -0.1) is 0 Å². The van der Waals surface area contributed by atoms with Gasteiger partial charge in [-0.25, -0.2) is 0 Å². The van der Waals surface area contributed by atoms with Crippen LogP contribution in [0.1, 0.15) is 38.3 Å². The van der Waals surface area contributed by atoms with Gasteiger partial charge in [-0.3, -0.25) is 9.59 Å². The standard InChI is InChI=1S/C23H27Cl3N2O2/c1-4-21(23(30)27-13-15(2)3)28(14-17-8-9-19(25)12-20(17)26)22(29)11-16-6-5-7-18(24)10-16/h5-10,12,15,21H,4,11,13-14H2,1-3H3,(H,27,30)/t21-/m0/s1. The lowest BCUT2D eigenvalue weighted by Gasteiger charge is -2.31. The molecule has 2 rings (SSSR count). The predicted molar refractivity (Wildman–Crippen MR) is 124 cm³/mol. The van der Waals surface area contributed by atoms with Gasteiger partial charge < -0.3 is 10.2 Å². The minimum atomic E-state index is -0.609. The molecular formula is C23H27Cl3N2O2. The molecule has 0 aliphatic carbocycles. The van der Waals surface area contributed by atoms with E-state index in [0.29, 0.717) is 34.0 Å². The fourth-order valence-corrected chi connectivity index (χ4v) is 3.78. The fraction of sp³-hybridized carbons (Fsp3) is 0.391. The normalized spacial score (nSPS) is 12.0. The van der Waals surface area contributed by atoms with Crippen LogP contribution in [0.3, 0.4) is 0 Å². The Kier molecular flexibility index (Phi) is 9.47. The third-order valence-electron chi connectivity index (χ3n) is 4.67. The van der Waals surface area contributed by atoms with Gasteiger partial charge in [-0.1, -0.05) is 73.8 Å². The minimum Gasteiger partial charge on any atom is -0.354 e. The van der Waals surface area contributed by atoms with Crippen molar-refractivity contribution >= 4 is 46.6 Å². The summed E-state index contributed by atoms with van der Waals surface area (Å²) in [5, 5.41) is 4.48. The topological polar surface area (TPSA) is 49.4 Å². The summed E-state index contributed by atoms with van der Waals surface area (Å²) in [6, 6.07) is 11.7. The zero-order valence-electron chi connectivity index (χ0n) is 17.4. The number of nitrogens with zero attached hydrogens (tertiary/aromatic N) is 1. The molecule has 1 N–H and O–H groups in total. The molecular weight excluding hydrogens is 443 g/mol. The van der Waals surface area contributed by atoms with Gasteiger partial charge in [0.2, 0.25) is 11.8 Å². The highest BCUT2D eigenvalue weighted by Gasteiger charge is 2.29. The summed E-state index contributed by atoms with van der Waals surface area (Å²) in [6.45, 7) is 6.70. The van der Waals surface area contributed by atoms with Crippen molar-refractivity contribution in [3.05, 3.63) is 68.7 Å². The van der Waals surface area contributed by atoms with Crippen molar-refractivity contribution in [2.45, 2.75) is 46.2 Å². The van der Waals surface area contributed by atoms with Crippen LogP contribution in [0.5, 0.6) is 0 Å². The quantitative estimate of drug-likeness (QED) is 0.507. The molecule has 0 bridgehead atoms. The van der Waals surface area contributed by atoms with E-state index in [4.69, 9.17) is 34.8 Å². The van der Waals surface area contributed by atoms with Crippen LogP contribution in [0.15, 0.2) is 42.5 Å². The molecule has 0 spiro atoms. The Morgan fingerprint density at radius 2 is 1.73 bits per heavy atom. The van der Waals surface area contributed by atoms with Crippen molar-refractivity contribution in [2.75, 3.05) is 6.54 Å². The number of nitrogens with one attached hydrogen (secondary N) is 1. The number of benzene rings is 2. The summed E-state index contributed by atoms with van der Waals surface area (Å²) in [6.07, 6.45) is 0.621. The number of hydrogen-bond donors (Lipinski definition) is 1. The van der Waals surface area contributed by atoms with Crippen LogP contribution in [0.4, 0.5) is 0 Å². The van der Waals surface area contributed by atoms with Crippen LogP contribution in [-0.2, 0) is 22.6 Å². The molecule has 0 aliphatic heterocycles. The molecule has 0 fully saturated rings. The maximum absolute atomic E-state index is 13.3. The molecule has 0 radical (unpaired) electrons. The van der Waals surface area contributed by atoms with E-state index < -0.39 is 6.04 Å². The van der Waals surface area contributed by atoms with Gasteiger partial charge in [-0.2, -0.15) is 0 Å². The molecule has 0 saturated carbocycles. The largest absolute Gasteiger partial charge is 0.354 e. The molecule has 0 aromatic heterocycles. The number of hydrogen-bond acceptors (Lipinski definition) is 2. The second-order valence-electron chi connectivity index (χ2n) is 7.63. The van der Waals surface area contributed by atoms with Crippen molar-refractivity contribution in [3.63, 3.8) is 0 Å². The first-order valence-electron chi connectivity index (χ1n) is 9.96. The van der Waals surface area contributed by atoms with Crippen molar-refractivity contribution < 1.29 is 9.59 Å². The summed E-state index contributed by atoms with van der Waals surface area (Å²) >= 11 is 18.4. The monoisotopic (exact) mass is 468 g/mol. The number of halogens is 3. The zero-order valence-corrected chi connectivity index (χ0v) is 19.7. The van der Waals surface area contributed by atoms with Gasteiger partial charge in [0, 0.05) is 28.2 Å². The van der Waals surface area contributed by atoms with Crippen LogP contribution in [0.25, 0.3) is 0 Å². The number of amides is 2. The van der Waals surface area contributed by atoms with Gasteiger partial charge in [0.15, 0.2) is 0 Å². The van der Waals surface area contributed by atoms with E-state index >= 15 is 0 Å². The Morgan fingerprint density at radius 3 is 2.33 bits per heavy atom. The van der Waals surface area contributed by atoms with Crippen LogP contribution >= 0.6 is 34.8 Å². The minimum absolute atomic E-state index is 0.139. The third-order valence-corrected chi connectivity index (χ3v) is 5.49. The zero-order chi connectivity index (χ0) is 22.3. The van der Waals surface area contributed by atoms with Crippen LogP contribution < -0.4 is 5.32 Å². The highest BCUT2D eigenvalue weighted by atomic mass is 35.5. The molecule has 2 aromatic rings. The Bertz CT molecular complexity index is 887. The first-order chi connectivity index (χ1) is 14.2. The Balaban J connectivity index is 2.31. The van der Waals surface area contributed by atoms with E-state index in [1.165, 1.54) is 0 Å². The molecule has 2 amide bonds. The summed E-state index contributed by atoms with van der Waals surface area (Å²) in [5.74, 6) is -0.0293. The predicted octanol–water partition coefficient (Wildman–Crippen LogP) is 5.77. The van der Waals surface area contributed by atoms with E-state index in [0.717, 1.165) is 11.1 Å². The van der Waals surface area contributed by atoms with Gasteiger partial charge in [0.05, 0.1) is 6.42 Å². The SMILES string of the molecule is CC[C@@H](C(=O)NCC(C)C)N(Cc1ccc(Cl)cc1Cl)C(=O)Cc1cccc(Cl)c1. The van der Waals surface area contributed by atoms with E-state index in [-0.39, 0.29) is 24.8 Å². The molecule has 162 valence electrons. The molecule has 30 heavy (non-hydrogen) atoms.